The second-order valence-electron chi connectivity index (χ2n) is 7.66. The standard InChI is InChI=1S/C22H24N4OS/c28-22-24-20(19-9-3-4-11-23-19)21(26(22)15-18-8-5-13-27-18)16-10-12-25(14-16)17-6-1-2-7-17/h3-5,8-14,17,20-21H,1-2,6-7,15H2,(H,24,28). The molecule has 0 spiro atoms. The zero-order valence-electron chi connectivity index (χ0n) is 15.7. The third-order valence-corrected chi connectivity index (χ3v) is 6.28. The van der Waals surface area contributed by atoms with Crippen LogP contribution in [0.2, 0.25) is 0 Å². The molecule has 4 heterocycles. The van der Waals surface area contributed by atoms with Gasteiger partial charge in [0.15, 0.2) is 5.11 Å². The average molecular weight is 393 g/mol. The van der Waals surface area contributed by atoms with Gasteiger partial charge in [0, 0.05) is 24.6 Å². The van der Waals surface area contributed by atoms with Crippen LogP contribution in [0.4, 0.5) is 0 Å². The van der Waals surface area contributed by atoms with Gasteiger partial charge in [0.25, 0.3) is 0 Å². The fraction of sp³-hybridized carbons (Fsp3) is 0.364. The van der Waals surface area contributed by atoms with Crippen molar-refractivity contribution in [2.45, 2.75) is 50.4 Å². The van der Waals surface area contributed by atoms with Crippen molar-refractivity contribution in [3.8, 4) is 0 Å². The summed E-state index contributed by atoms with van der Waals surface area (Å²) in [4.78, 5) is 6.83. The second kappa shape index (κ2) is 7.43. The summed E-state index contributed by atoms with van der Waals surface area (Å²) in [6, 6.07) is 12.9. The molecule has 3 aromatic heterocycles. The smallest absolute Gasteiger partial charge is 0.170 e. The summed E-state index contributed by atoms with van der Waals surface area (Å²) in [7, 11) is 0. The maximum atomic E-state index is 5.72. The molecule has 3 aromatic rings. The maximum Gasteiger partial charge on any atom is 0.170 e. The first-order chi connectivity index (χ1) is 13.8. The Morgan fingerprint density at radius 1 is 1.14 bits per heavy atom. The minimum Gasteiger partial charge on any atom is -0.467 e. The van der Waals surface area contributed by atoms with E-state index in [0.29, 0.717) is 12.6 Å². The Kier molecular flexibility index (Phi) is 4.64. The Balaban J connectivity index is 1.50. The number of nitrogens with zero attached hydrogens (tertiary/aromatic N) is 3. The van der Waals surface area contributed by atoms with Gasteiger partial charge >= 0.3 is 0 Å². The molecule has 1 aliphatic heterocycles. The van der Waals surface area contributed by atoms with Crippen LogP contribution in [-0.4, -0.2) is 19.6 Å². The largest absolute Gasteiger partial charge is 0.467 e. The quantitative estimate of drug-likeness (QED) is 0.634. The van der Waals surface area contributed by atoms with Crippen LogP contribution in [0.15, 0.2) is 65.7 Å². The van der Waals surface area contributed by atoms with Gasteiger partial charge in [0.1, 0.15) is 5.76 Å². The molecule has 0 aromatic carbocycles. The highest BCUT2D eigenvalue weighted by Crippen LogP contribution is 2.40. The first-order valence-electron chi connectivity index (χ1n) is 9.97. The lowest BCUT2D eigenvalue weighted by Gasteiger charge is -2.26. The van der Waals surface area contributed by atoms with E-state index in [1.54, 1.807) is 6.26 Å². The Hall–Kier alpha value is -2.60. The van der Waals surface area contributed by atoms with Gasteiger partial charge in [-0.3, -0.25) is 4.98 Å². The molecule has 28 heavy (non-hydrogen) atoms. The summed E-state index contributed by atoms with van der Waals surface area (Å²) in [5, 5.41) is 4.25. The highest BCUT2D eigenvalue weighted by Gasteiger charge is 2.40. The highest BCUT2D eigenvalue weighted by atomic mass is 32.1. The van der Waals surface area contributed by atoms with Gasteiger partial charge in [-0.05, 0) is 61.0 Å². The zero-order chi connectivity index (χ0) is 18.9. The summed E-state index contributed by atoms with van der Waals surface area (Å²) < 4.78 is 8.00. The first-order valence-corrected chi connectivity index (χ1v) is 10.4. The fourth-order valence-electron chi connectivity index (χ4n) is 4.54. The van der Waals surface area contributed by atoms with Crippen LogP contribution in [-0.2, 0) is 6.54 Å². The predicted molar refractivity (Wildman–Crippen MR) is 112 cm³/mol. The van der Waals surface area contributed by atoms with Gasteiger partial charge < -0.3 is 19.2 Å². The van der Waals surface area contributed by atoms with E-state index in [4.69, 9.17) is 16.6 Å². The molecule has 1 aliphatic carbocycles. The SMILES string of the molecule is S=C1NC(c2ccccn2)C(c2ccn(C3CCCC3)c2)N1Cc1ccco1. The topological polar surface area (TPSA) is 46.2 Å². The van der Waals surface area contributed by atoms with E-state index in [1.165, 1.54) is 31.2 Å². The van der Waals surface area contributed by atoms with Crippen LogP contribution in [0, 0.1) is 0 Å². The number of pyridine rings is 1. The van der Waals surface area contributed by atoms with Crippen molar-refractivity contribution in [2.75, 3.05) is 0 Å². The van der Waals surface area contributed by atoms with E-state index in [-0.39, 0.29) is 12.1 Å². The third-order valence-electron chi connectivity index (χ3n) is 5.93. The van der Waals surface area contributed by atoms with Crippen molar-refractivity contribution in [2.24, 2.45) is 0 Å². The molecule has 5 rings (SSSR count). The molecule has 2 unspecified atom stereocenters. The van der Waals surface area contributed by atoms with Crippen molar-refractivity contribution < 1.29 is 4.42 Å². The molecule has 144 valence electrons. The third kappa shape index (κ3) is 3.22. The minimum absolute atomic E-state index is 0.0168. The highest BCUT2D eigenvalue weighted by molar-refractivity contribution is 7.80. The lowest BCUT2D eigenvalue weighted by molar-refractivity contribution is 0.287. The molecule has 0 bridgehead atoms. The average Bonchev–Trinajstić information content (AvgIpc) is 3.51. The maximum absolute atomic E-state index is 5.72. The summed E-state index contributed by atoms with van der Waals surface area (Å²) in [5.74, 6) is 0.908. The molecule has 2 aliphatic rings. The molecule has 1 saturated heterocycles. The first kappa shape index (κ1) is 17.5. The normalized spacial score (nSPS) is 22.7. The summed E-state index contributed by atoms with van der Waals surface area (Å²) in [6.07, 6.45) is 13.3. The molecule has 1 saturated carbocycles. The van der Waals surface area contributed by atoms with E-state index in [2.05, 4.69) is 44.3 Å². The Morgan fingerprint density at radius 2 is 2.04 bits per heavy atom. The number of thiocarbonyl (C=S) groups is 1. The van der Waals surface area contributed by atoms with Crippen molar-refractivity contribution in [3.05, 3.63) is 78.3 Å². The van der Waals surface area contributed by atoms with E-state index < -0.39 is 0 Å². The molecule has 0 radical (unpaired) electrons. The Morgan fingerprint density at radius 3 is 2.79 bits per heavy atom. The second-order valence-corrected chi connectivity index (χ2v) is 8.05. The van der Waals surface area contributed by atoms with E-state index in [0.717, 1.165) is 16.6 Å². The van der Waals surface area contributed by atoms with Crippen LogP contribution >= 0.6 is 12.2 Å². The molecule has 2 fully saturated rings. The number of nitrogens with one attached hydrogen (secondary N) is 1. The van der Waals surface area contributed by atoms with Crippen molar-refractivity contribution in [1.82, 2.24) is 19.8 Å². The number of rotatable bonds is 5. The minimum atomic E-state index is 0.0168. The van der Waals surface area contributed by atoms with Gasteiger partial charge in [-0.2, -0.15) is 0 Å². The zero-order valence-corrected chi connectivity index (χ0v) is 16.5. The molecule has 2 atom stereocenters. The van der Waals surface area contributed by atoms with Crippen LogP contribution in [0.5, 0.6) is 0 Å². The van der Waals surface area contributed by atoms with Crippen LogP contribution < -0.4 is 5.32 Å². The summed E-state index contributed by atoms with van der Waals surface area (Å²) in [6.45, 7) is 0.640. The van der Waals surface area contributed by atoms with Gasteiger partial charge in [-0.15, -0.1) is 0 Å². The fourth-order valence-corrected chi connectivity index (χ4v) is 4.85. The molecule has 5 nitrogen and oxygen atoms in total. The van der Waals surface area contributed by atoms with Gasteiger partial charge in [0.05, 0.1) is 30.6 Å². The number of hydrogen-bond donors (Lipinski definition) is 1. The van der Waals surface area contributed by atoms with Gasteiger partial charge in [-0.25, -0.2) is 0 Å². The molecular weight excluding hydrogens is 368 g/mol. The molecular formula is C22H24N4OS. The van der Waals surface area contributed by atoms with E-state index in [1.807, 2.05) is 30.5 Å². The van der Waals surface area contributed by atoms with E-state index >= 15 is 0 Å². The predicted octanol–water partition coefficient (Wildman–Crippen LogP) is 4.76. The van der Waals surface area contributed by atoms with Crippen molar-refractivity contribution >= 4 is 17.3 Å². The van der Waals surface area contributed by atoms with Crippen LogP contribution in [0.25, 0.3) is 0 Å². The lowest BCUT2D eigenvalue weighted by Crippen LogP contribution is -2.28. The van der Waals surface area contributed by atoms with Gasteiger partial charge in [-0.1, -0.05) is 18.9 Å². The molecule has 6 heteroatoms. The summed E-state index contributed by atoms with van der Waals surface area (Å²) >= 11 is 5.72. The Labute approximate surface area is 170 Å². The van der Waals surface area contributed by atoms with Crippen LogP contribution in [0.1, 0.15) is 60.8 Å². The number of furan rings is 1. The van der Waals surface area contributed by atoms with Crippen molar-refractivity contribution in [1.29, 1.82) is 0 Å². The molecule has 0 amide bonds. The van der Waals surface area contributed by atoms with Gasteiger partial charge in [0.2, 0.25) is 0 Å². The number of aromatic nitrogens is 2. The number of hydrogen-bond acceptors (Lipinski definition) is 3. The Bertz CT molecular complexity index is 931. The van der Waals surface area contributed by atoms with E-state index in [9.17, 15) is 0 Å². The van der Waals surface area contributed by atoms with Crippen LogP contribution in [0.3, 0.4) is 0 Å². The summed E-state index contributed by atoms with van der Waals surface area (Å²) in [5.41, 5.74) is 2.27. The monoisotopic (exact) mass is 392 g/mol. The lowest BCUT2D eigenvalue weighted by atomic mass is 9.99. The van der Waals surface area contributed by atoms with Crippen molar-refractivity contribution in [3.63, 3.8) is 0 Å². The molecule has 1 N–H and O–H groups in total.